The summed E-state index contributed by atoms with van der Waals surface area (Å²) in [5.41, 5.74) is 1.99. The van der Waals surface area contributed by atoms with Crippen molar-refractivity contribution in [3.8, 4) is 5.75 Å². The minimum Gasteiger partial charge on any atom is -0.481 e. The lowest BCUT2D eigenvalue weighted by molar-refractivity contribution is -0.122. The van der Waals surface area contributed by atoms with E-state index in [1.807, 2.05) is 52.0 Å². The maximum Gasteiger partial charge on any atom is 0.265 e. The van der Waals surface area contributed by atoms with Gasteiger partial charge in [0.15, 0.2) is 6.10 Å². The van der Waals surface area contributed by atoms with E-state index in [9.17, 15) is 9.59 Å². The first-order valence-corrected chi connectivity index (χ1v) is 9.32. The summed E-state index contributed by atoms with van der Waals surface area (Å²) < 4.78 is 5.85. The van der Waals surface area contributed by atoms with Crippen LogP contribution in [0.15, 0.2) is 48.5 Å². The van der Waals surface area contributed by atoms with Crippen molar-refractivity contribution in [1.29, 1.82) is 0 Å². The maximum absolute atomic E-state index is 12.7. The molecule has 5 nitrogen and oxygen atoms in total. The number of anilines is 1. The molecule has 0 saturated heterocycles. The van der Waals surface area contributed by atoms with E-state index in [2.05, 4.69) is 10.6 Å². The molecule has 0 spiro atoms. The second-order valence-corrected chi connectivity index (χ2v) is 6.97. The molecule has 0 aliphatic heterocycles. The smallest absolute Gasteiger partial charge is 0.265 e. The van der Waals surface area contributed by atoms with E-state index in [4.69, 9.17) is 4.74 Å². The highest BCUT2D eigenvalue weighted by Gasteiger charge is 2.21. The van der Waals surface area contributed by atoms with Crippen molar-refractivity contribution in [2.45, 2.75) is 40.2 Å². The Labute approximate surface area is 161 Å². The van der Waals surface area contributed by atoms with E-state index in [1.54, 1.807) is 24.3 Å². The van der Waals surface area contributed by atoms with Crippen LogP contribution in [0.25, 0.3) is 0 Å². The first-order chi connectivity index (χ1) is 12.9. The van der Waals surface area contributed by atoms with Gasteiger partial charge in [-0.3, -0.25) is 9.59 Å². The number of carbonyl (C=O) groups is 2. The number of nitrogens with one attached hydrogen (secondary N) is 2. The van der Waals surface area contributed by atoms with Crippen LogP contribution in [0.3, 0.4) is 0 Å². The van der Waals surface area contributed by atoms with E-state index in [-0.39, 0.29) is 11.8 Å². The summed E-state index contributed by atoms with van der Waals surface area (Å²) in [6.07, 6.45) is -0.125. The van der Waals surface area contributed by atoms with Gasteiger partial charge in [-0.2, -0.15) is 0 Å². The minimum atomic E-state index is -0.640. The van der Waals surface area contributed by atoms with E-state index < -0.39 is 6.10 Å². The Balaban J connectivity index is 2.10. The van der Waals surface area contributed by atoms with Gasteiger partial charge in [0.25, 0.3) is 11.8 Å². The van der Waals surface area contributed by atoms with Gasteiger partial charge < -0.3 is 15.4 Å². The van der Waals surface area contributed by atoms with Gasteiger partial charge >= 0.3 is 0 Å². The van der Waals surface area contributed by atoms with Crippen molar-refractivity contribution in [3.05, 3.63) is 59.7 Å². The zero-order chi connectivity index (χ0) is 19.8. The van der Waals surface area contributed by atoms with Crippen molar-refractivity contribution < 1.29 is 14.3 Å². The van der Waals surface area contributed by atoms with Gasteiger partial charge in [-0.15, -0.1) is 0 Å². The predicted octanol–water partition coefficient (Wildman–Crippen LogP) is 4.18. The van der Waals surface area contributed by atoms with Crippen LogP contribution in [0.4, 0.5) is 5.69 Å². The van der Waals surface area contributed by atoms with Crippen molar-refractivity contribution >= 4 is 17.5 Å². The van der Waals surface area contributed by atoms with Gasteiger partial charge in [0, 0.05) is 6.54 Å². The summed E-state index contributed by atoms with van der Waals surface area (Å²) in [5, 5.41) is 5.72. The number of para-hydroxylation sites is 1. The van der Waals surface area contributed by atoms with Gasteiger partial charge in [0.1, 0.15) is 5.75 Å². The standard InChI is InChI=1S/C22H28N2O3/c1-5-20(27-17-10-8-9-16(4)13-17)22(26)24-19-12-7-6-11-18(19)21(25)23-14-15(2)3/h6-13,15,20H,5,14H2,1-4H3,(H,23,25)(H,24,26)/t20-/m1/s1. The van der Waals surface area contributed by atoms with Gasteiger partial charge in [0.2, 0.25) is 0 Å². The molecule has 0 heterocycles. The molecule has 0 aliphatic rings. The highest BCUT2D eigenvalue weighted by atomic mass is 16.5. The first-order valence-electron chi connectivity index (χ1n) is 9.32. The summed E-state index contributed by atoms with van der Waals surface area (Å²) >= 11 is 0. The molecule has 2 aromatic rings. The zero-order valence-electron chi connectivity index (χ0n) is 16.4. The van der Waals surface area contributed by atoms with Gasteiger partial charge in [-0.05, 0) is 49.1 Å². The Morgan fingerprint density at radius 3 is 2.48 bits per heavy atom. The monoisotopic (exact) mass is 368 g/mol. The Hall–Kier alpha value is -2.82. The van der Waals surface area contributed by atoms with Crippen LogP contribution in [0, 0.1) is 12.8 Å². The molecule has 2 amide bonds. The lowest BCUT2D eigenvalue weighted by Gasteiger charge is -2.19. The summed E-state index contributed by atoms with van der Waals surface area (Å²) in [4.78, 5) is 25.1. The van der Waals surface area contributed by atoms with Crippen LogP contribution in [0.2, 0.25) is 0 Å². The van der Waals surface area contributed by atoms with Gasteiger partial charge in [-0.1, -0.05) is 45.0 Å². The van der Waals surface area contributed by atoms with E-state index >= 15 is 0 Å². The lowest BCUT2D eigenvalue weighted by Crippen LogP contribution is -2.34. The van der Waals surface area contributed by atoms with E-state index in [0.717, 1.165) is 5.56 Å². The quantitative estimate of drug-likeness (QED) is 0.735. The molecule has 5 heteroatoms. The molecule has 2 rings (SSSR count). The summed E-state index contributed by atoms with van der Waals surface area (Å²) in [7, 11) is 0. The molecule has 0 unspecified atom stereocenters. The Bertz CT molecular complexity index is 787. The number of hydrogen-bond acceptors (Lipinski definition) is 3. The number of rotatable bonds is 8. The maximum atomic E-state index is 12.7. The molecule has 0 aromatic heterocycles. The molecular weight excluding hydrogens is 340 g/mol. The molecule has 2 N–H and O–H groups in total. The fourth-order valence-corrected chi connectivity index (χ4v) is 2.57. The van der Waals surface area contributed by atoms with Crippen LogP contribution in [0.5, 0.6) is 5.75 Å². The molecule has 144 valence electrons. The Morgan fingerprint density at radius 1 is 1.07 bits per heavy atom. The second kappa shape index (κ2) is 9.76. The molecular formula is C22H28N2O3. The molecule has 0 aliphatic carbocycles. The number of aryl methyl sites for hydroxylation is 1. The number of benzene rings is 2. The third kappa shape index (κ3) is 6.13. The average molecular weight is 368 g/mol. The lowest BCUT2D eigenvalue weighted by atomic mass is 10.1. The van der Waals surface area contributed by atoms with Gasteiger partial charge in [0.05, 0.1) is 11.3 Å². The largest absolute Gasteiger partial charge is 0.481 e. The van der Waals surface area contributed by atoms with Gasteiger partial charge in [-0.25, -0.2) is 0 Å². The Morgan fingerprint density at radius 2 is 1.81 bits per heavy atom. The number of ether oxygens (including phenoxy) is 1. The number of hydrogen-bond donors (Lipinski definition) is 2. The molecule has 0 radical (unpaired) electrons. The first kappa shape index (κ1) is 20.5. The fraction of sp³-hybridized carbons (Fsp3) is 0.364. The van der Waals surface area contributed by atoms with Crippen molar-refractivity contribution in [2.75, 3.05) is 11.9 Å². The van der Waals surface area contributed by atoms with Crippen LogP contribution in [0.1, 0.15) is 43.1 Å². The second-order valence-electron chi connectivity index (χ2n) is 6.97. The highest BCUT2D eigenvalue weighted by Crippen LogP contribution is 2.19. The zero-order valence-corrected chi connectivity index (χ0v) is 16.4. The van der Waals surface area contributed by atoms with E-state index in [0.29, 0.717) is 35.9 Å². The number of amides is 2. The topological polar surface area (TPSA) is 67.4 Å². The normalized spacial score (nSPS) is 11.7. The van der Waals surface area contributed by atoms with Crippen molar-refractivity contribution in [2.24, 2.45) is 5.92 Å². The molecule has 1 atom stereocenters. The average Bonchev–Trinajstić information content (AvgIpc) is 2.64. The summed E-state index contributed by atoms with van der Waals surface area (Å²) in [6, 6.07) is 14.6. The third-order valence-corrected chi connectivity index (χ3v) is 4.03. The molecule has 0 fully saturated rings. The van der Waals surface area contributed by atoms with Crippen LogP contribution < -0.4 is 15.4 Å². The molecule has 0 bridgehead atoms. The summed E-state index contributed by atoms with van der Waals surface area (Å²) in [6.45, 7) is 8.50. The van der Waals surface area contributed by atoms with Crippen molar-refractivity contribution in [3.63, 3.8) is 0 Å². The predicted molar refractivity (Wildman–Crippen MR) is 108 cm³/mol. The third-order valence-electron chi connectivity index (χ3n) is 4.03. The molecule has 27 heavy (non-hydrogen) atoms. The van der Waals surface area contributed by atoms with E-state index in [1.165, 1.54) is 0 Å². The fourth-order valence-electron chi connectivity index (χ4n) is 2.57. The van der Waals surface area contributed by atoms with Crippen LogP contribution >= 0.6 is 0 Å². The Kier molecular flexibility index (Phi) is 7.41. The number of carbonyl (C=O) groups excluding carboxylic acids is 2. The highest BCUT2D eigenvalue weighted by molar-refractivity contribution is 6.04. The van der Waals surface area contributed by atoms with Crippen LogP contribution in [-0.4, -0.2) is 24.5 Å². The minimum absolute atomic E-state index is 0.202. The SMILES string of the molecule is CC[C@@H](Oc1cccc(C)c1)C(=O)Nc1ccccc1C(=O)NCC(C)C. The molecule has 0 saturated carbocycles. The molecule has 2 aromatic carbocycles. The van der Waals surface area contributed by atoms with Crippen molar-refractivity contribution in [1.82, 2.24) is 5.32 Å². The summed E-state index contributed by atoms with van der Waals surface area (Å²) in [5.74, 6) is 0.526. The van der Waals surface area contributed by atoms with Crippen LogP contribution in [-0.2, 0) is 4.79 Å².